The van der Waals surface area contributed by atoms with Crippen molar-refractivity contribution in [1.82, 2.24) is 25.6 Å². The molecule has 0 bridgehead atoms. The summed E-state index contributed by atoms with van der Waals surface area (Å²) in [6.45, 7) is 0.159. The minimum absolute atomic E-state index is 0. The van der Waals surface area contributed by atoms with Gasteiger partial charge in [0.05, 0.1) is 5.56 Å². The first kappa shape index (κ1) is 15.6. The number of hydrogen-bond donors (Lipinski definition) is 2. The quantitative estimate of drug-likeness (QED) is 0.418. The van der Waals surface area contributed by atoms with Gasteiger partial charge in [-0.3, -0.25) is 4.79 Å². The number of aromatic amines is 2. The van der Waals surface area contributed by atoms with Gasteiger partial charge in [-0.05, 0) is 29.5 Å². The first-order chi connectivity index (χ1) is 9.78. The van der Waals surface area contributed by atoms with Gasteiger partial charge in [0.15, 0.2) is 6.79 Å². The molecule has 9 heteroatoms. The fourth-order valence-electron chi connectivity index (χ4n) is 1.84. The average molecular weight is 297 g/mol. The van der Waals surface area contributed by atoms with Crippen molar-refractivity contribution < 1.29 is 40.5 Å². The molecule has 0 spiro atoms. The Kier molecular flexibility index (Phi) is 5.07. The fraction of sp³-hybridized carbons (Fsp3) is 0.167. The predicted octanol–water partition coefficient (Wildman–Crippen LogP) is -2.19. The number of pyridine rings is 1. The summed E-state index contributed by atoms with van der Waals surface area (Å²) in [6, 6.07) is 7.01. The Morgan fingerprint density at radius 1 is 1.33 bits per heavy atom. The summed E-state index contributed by atoms with van der Waals surface area (Å²) in [5.41, 5.74) is 0.770. The molecule has 1 aromatic carbocycles. The number of nitrogens with zero attached hydrogens (tertiary/aromatic N) is 3. The number of rotatable bonds is 4. The third-order valence-corrected chi connectivity index (χ3v) is 2.75. The van der Waals surface area contributed by atoms with Crippen molar-refractivity contribution in [2.45, 2.75) is 0 Å². The number of fused-ring (bicyclic) bond motifs is 1. The summed E-state index contributed by atoms with van der Waals surface area (Å²) < 4.78 is 10.2. The zero-order valence-corrected chi connectivity index (χ0v) is 13.6. The topological polar surface area (TPSA) is 106 Å². The van der Waals surface area contributed by atoms with E-state index in [1.165, 1.54) is 0 Å². The molecule has 2 N–H and O–H groups in total. The summed E-state index contributed by atoms with van der Waals surface area (Å²) in [5, 5.41) is 14.2. The molecule has 3 rings (SSSR count). The van der Waals surface area contributed by atoms with Crippen molar-refractivity contribution in [3.63, 3.8) is 0 Å². The molecule has 0 fully saturated rings. The largest absolute Gasteiger partial charge is 1.00 e. The summed E-state index contributed by atoms with van der Waals surface area (Å²) in [7, 11) is 1.55. The number of tetrazole rings is 1. The van der Waals surface area contributed by atoms with Crippen molar-refractivity contribution in [3.8, 4) is 17.1 Å². The third kappa shape index (κ3) is 3.30. The van der Waals surface area contributed by atoms with Crippen LogP contribution in [-0.4, -0.2) is 39.5 Å². The zero-order valence-electron chi connectivity index (χ0n) is 12.6. The molecule has 0 saturated heterocycles. The Labute approximate surface area is 142 Å². The van der Waals surface area contributed by atoms with Crippen LogP contribution >= 0.6 is 0 Å². The number of aromatic nitrogens is 5. The number of benzene rings is 1. The Balaban J connectivity index is 0.00000121. The van der Waals surface area contributed by atoms with Gasteiger partial charge < -0.3 is 15.9 Å². The maximum absolute atomic E-state index is 12.0. The number of methoxy groups -OCH3 is 1. The van der Waals surface area contributed by atoms with Crippen LogP contribution in [0.4, 0.5) is 0 Å². The second-order valence-electron chi connectivity index (χ2n) is 4.05. The van der Waals surface area contributed by atoms with Crippen LogP contribution in [0.25, 0.3) is 22.3 Å². The minimum atomic E-state index is -0.274. The molecule has 21 heavy (non-hydrogen) atoms. The predicted molar refractivity (Wildman–Crippen MR) is 71.4 cm³/mol. The van der Waals surface area contributed by atoms with Crippen LogP contribution in [0.3, 0.4) is 0 Å². The van der Waals surface area contributed by atoms with Crippen LogP contribution in [0.1, 0.15) is 1.43 Å². The van der Waals surface area contributed by atoms with E-state index in [1.54, 1.807) is 31.4 Å². The van der Waals surface area contributed by atoms with Gasteiger partial charge in [0.2, 0.25) is 5.82 Å². The van der Waals surface area contributed by atoms with Crippen LogP contribution < -0.4 is 39.9 Å². The number of nitrogens with one attached hydrogen (secondary N) is 2. The van der Waals surface area contributed by atoms with Crippen LogP contribution in [0.5, 0.6) is 5.75 Å². The Morgan fingerprint density at radius 2 is 2.19 bits per heavy atom. The van der Waals surface area contributed by atoms with Gasteiger partial charge in [-0.25, -0.2) is 0 Å². The monoisotopic (exact) mass is 297 g/mol. The molecule has 0 radical (unpaired) electrons. The Morgan fingerprint density at radius 3 is 2.90 bits per heavy atom. The Bertz CT molecular complexity index is 793. The molecule has 0 amide bonds. The summed E-state index contributed by atoms with van der Waals surface area (Å²) in [5.74, 6) is 0.891. The van der Waals surface area contributed by atoms with E-state index in [2.05, 4.69) is 25.6 Å². The maximum atomic E-state index is 12.0. The fourth-order valence-corrected chi connectivity index (χ4v) is 1.84. The zero-order chi connectivity index (χ0) is 13.9. The van der Waals surface area contributed by atoms with Crippen LogP contribution in [0.2, 0.25) is 0 Å². The van der Waals surface area contributed by atoms with E-state index >= 15 is 0 Å². The first-order valence-corrected chi connectivity index (χ1v) is 5.80. The summed E-state index contributed by atoms with van der Waals surface area (Å²) >= 11 is 0. The van der Waals surface area contributed by atoms with Gasteiger partial charge in [-0.15, -0.1) is 10.2 Å². The van der Waals surface area contributed by atoms with E-state index in [0.717, 1.165) is 5.39 Å². The molecule has 0 aliphatic rings. The minimum Gasteiger partial charge on any atom is -1.00 e. The molecule has 0 saturated carbocycles. The van der Waals surface area contributed by atoms with E-state index < -0.39 is 0 Å². The van der Waals surface area contributed by atoms with E-state index in [4.69, 9.17) is 9.47 Å². The average Bonchev–Trinajstić information content (AvgIpc) is 2.98. The van der Waals surface area contributed by atoms with Gasteiger partial charge in [-0.2, -0.15) is 5.21 Å². The Hall–Kier alpha value is -1.74. The second kappa shape index (κ2) is 6.81. The van der Waals surface area contributed by atoms with Crippen molar-refractivity contribution in [1.29, 1.82) is 0 Å². The molecule has 0 unspecified atom stereocenters. The van der Waals surface area contributed by atoms with Crippen molar-refractivity contribution in [2.75, 3.05) is 13.9 Å². The summed E-state index contributed by atoms with van der Waals surface area (Å²) in [6.07, 6.45) is 0. The van der Waals surface area contributed by atoms with Crippen LogP contribution in [0, 0.1) is 0 Å². The number of ether oxygens (including phenoxy) is 2. The number of H-pyrrole nitrogens is 2. The summed E-state index contributed by atoms with van der Waals surface area (Å²) in [4.78, 5) is 14.7. The molecular weight excluding hydrogens is 285 g/mol. The standard InChI is InChI=1S/C12H11N5O3.Na.H/c1-19-6-20-8-2-3-10-7(4-8)5-9(12(18)13-10)11-14-16-17-15-11;;/h2-5H,6H2,1H3,(H,13,18)(H,14,15,16,17);;/q;+1;-1. The van der Waals surface area contributed by atoms with Gasteiger partial charge in [0.1, 0.15) is 5.75 Å². The molecule has 2 heterocycles. The smallest absolute Gasteiger partial charge is 1.00 e. The van der Waals surface area contributed by atoms with Gasteiger partial charge >= 0.3 is 29.6 Å². The third-order valence-electron chi connectivity index (χ3n) is 2.75. The molecule has 0 atom stereocenters. The van der Waals surface area contributed by atoms with Crippen molar-refractivity contribution >= 4 is 10.9 Å². The molecule has 2 aromatic heterocycles. The molecule has 0 aliphatic heterocycles. The number of hydrogen-bond acceptors (Lipinski definition) is 6. The van der Waals surface area contributed by atoms with Gasteiger partial charge in [0, 0.05) is 18.0 Å². The van der Waals surface area contributed by atoms with Crippen LogP contribution in [0.15, 0.2) is 29.1 Å². The molecule has 104 valence electrons. The maximum Gasteiger partial charge on any atom is 1.00 e. The SMILES string of the molecule is COCOc1ccc2[nH]c(=O)c(-c3nn[nH]n3)cc2c1.[H-].[Na+]. The normalized spacial score (nSPS) is 10.3. The first-order valence-electron chi connectivity index (χ1n) is 5.80. The van der Waals surface area contributed by atoms with Crippen molar-refractivity contribution in [2.24, 2.45) is 0 Å². The van der Waals surface area contributed by atoms with Gasteiger partial charge in [0.25, 0.3) is 5.56 Å². The second-order valence-corrected chi connectivity index (χ2v) is 4.05. The molecule has 3 aromatic rings. The molecular formula is C12H12N5NaO3. The van der Waals surface area contributed by atoms with E-state index in [-0.39, 0.29) is 49.2 Å². The molecule has 0 aliphatic carbocycles. The van der Waals surface area contributed by atoms with E-state index in [9.17, 15) is 4.79 Å². The molecule has 8 nitrogen and oxygen atoms in total. The van der Waals surface area contributed by atoms with Crippen LogP contribution in [-0.2, 0) is 4.74 Å². The van der Waals surface area contributed by atoms with Gasteiger partial charge in [-0.1, -0.05) is 0 Å². The van der Waals surface area contributed by atoms with E-state index in [0.29, 0.717) is 16.8 Å². The van der Waals surface area contributed by atoms with E-state index in [1.807, 2.05) is 0 Å². The van der Waals surface area contributed by atoms with Crippen molar-refractivity contribution in [3.05, 3.63) is 34.6 Å².